The molecule has 2 N–H and O–H groups in total. The quantitative estimate of drug-likeness (QED) is 0.102. The van der Waals surface area contributed by atoms with Gasteiger partial charge in [0.15, 0.2) is 0 Å². The molecule has 0 aliphatic heterocycles. The van der Waals surface area contributed by atoms with E-state index in [9.17, 15) is 24.5 Å². The molecule has 0 aliphatic carbocycles. The Morgan fingerprint density at radius 2 is 1.52 bits per heavy atom. The summed E-state index contributed by atoms with van der Waals surface area (Å²) in [5, 5.41) is 17.5. The number of non-ortho nitro benzene ring substituents is 1. The lowest BCUT2D eigenvalue weighted by atomic mass is 10.1. The van der Waals surface area contributed by atoms with Crippen molar-refractivity contribution in [1.29, 1.82) is 0 Å². The van der Waals surface area contributed by atoms with E-state index in [0.29, 0.717) is 22.6 Å². The monoisotopic (exact) mass is 538 g/mol. The van der Waals surface area contributed by atoms with Crippen LogP contribution in [-0.2, 0) is 0 Å². The van der Waals surface area contributed by atoms with Crippen LogP contribution in [0.25, 0.3) is 0 Å². The lowest BCUT2D eigenvalue weighted by molar-refractivity contribution is -0.384. The van der Waals surface area contributed by atoms with Crippen molar-refractivity contribution in [3.8, 4) is 11.5 Å². The number of anilines is 1. The van der Waals surface area contributed by atoms with Gasteiger partial charge in [-0.2, -0.15) is 5.10 Å². The van der Waals surface area contributed by atoms with Gasteiger partial charge in [-0.25, -0.2) is 10.2 Å². The predicted octanol–water partition coefficient (Wildman–Crippen LogP) is 4.84. The number of benzene rings is 4. The second kappa shape index (κ2) is 12.6. The van der Waals surface area contributed by atoms with Crippen molar-refractivity contribution < 1.29 is 28.8 Å². The minimum atomic E-state index is -0.715. The van der Waals surface area contributed by atoms with Gasteiger partial charge in [0.05, 0.1) is 23.8 Å². The lowest BCUT2D eigenvalue weighted by Gasteiger charge is -2.08. The molecule has 4 rings (SSSR count). The number of carbonyl (C=O) groups is 3. The van der Waals surface area contributed by atoms with Crippen LogP contribution in [0, 0.1) is 10.1 Å². The first kappa shape index (κ1) is 27.2. The van der Waals surface area contributed by atoms with Gasteiger partial charge in [-0.15, -0.1) is 0 Å². The molecule has 4 aromatic rings. The number of carbonyl (C=O) groups excluding carboxylic acids is 3. The Labute approximate surface area is 228 Å². The summed E-state index contributed by atoms with van der Waals surface area (Å²) in [4.78, 5) is 48.0. The zero-order chi connectivity index (χ0) is 28.5. The maximum atomic E-state index is 12.7. The molecule has 0 heterocycles. The average Bonchev–Trinajstić information content (AvgIpc) is 2.98. The van der Waals surface area contributed by atoms with Gasteiger partial charge in [0.25, 0.3) is 17.5 Å². The van der Waals surface area contributed by atoms with Gasteiger partial charge >= 0.3 is 5.97 Å². The molecule has 0 saturated carbocycles. The highest BCUT2D eigenvalue weighted by Gasteiger charge is 2.14. The van der Waals surface area contributed by atoms with E-state index in [0.717, 1.165) is 0 Å². The van der Waals surface area contributed by atoms with Crippen LogP contribution in [-0.4, -0.2) is 36.0 Å². The van der Waals surface area contributed by atoms with Crippen LogP contribution < -0.4 is 20.2 Å². The highest BCUT2D eigenvalue weighted by atomic mass is 16.6. The Bertz CT molecular complexity index is 1600. The van der Waals surface area contributed by atoms with Crippen molar-refractivity contribution in [1.82, 2.24) is 5.43 Å². The number of nitro groups is 1. The van der Waals surface area contributed by atoms with Gasteiger partial charge in [-0.3, -0.25) is 19.7 Å². The van der Waals surface area contributed by atoms with E-state index in [4.69, 9.17) is 9.47 Å². The summed E-state index contributed by atoms with van der Waals surface area (Å²) in [6.07, 6.45) is 1.31. The first-order chi connectivity index (χ1) is 19.3. The molecule has 200 valence electrons. The fourth-order valence-corrected chi connectivity index (χ4v) is 3.49. The number of rotatable bonds is 9. The molecule has 0 atom stereocenters. The third-order valence-electron chi connectivity index (χ3n) is 5.52. The van der Waals surface area contributed by atoms with Gasteiger partial charge in [0, 0.05) is 34.5 Å². The molecule has 11 heteroatoms. The van der Waals surface area contributed by atoms with Gasteiger partial charge in [-0.05, 0) is 60.7 Å². The van der Waals surface area contributed by atoms with Crippen molar-refractivity contribution in [3.05, 3.63) is 129 Å². The second-order valence-electron chi connectivity index (χ2n) is 8.20. The number of hydrogen-bond donors (Lipinski definition) is 2. The largest absolute Gasteiger partial charge is 0.497 e. The number of hydrazone groups is 1. The van der Waals surface area contributed by atoms with E-state index >= 15 is 0 Å². The Kier molecular flexibility index (Phi) is 8.57. The van der Waals surface area contributed by atoms with E-state index in [2.05, 4.69) is 15.8 Å². The predicted molar refractivity (Wildman–Crippen MR) is 147 cm³/mol. The molecule has 2 amide bonds. The Morgan fingerprint density at radius 3 is 2.25 bits per heavy atom. The van der Waals surface area contributed by atoms with Crippen molar-refractivity contribution in [2.45, 2.75) is 0 Å². The molecule has 0 spiro atoms. The van der Waals surface area contributed by atoms with Crippen LogP contribution in [0.3, 0.4) is 0 Å². The topological polar surface area (TPSA) is 149 Å². The minimum Gasteiger partial charge on any atom is -0.497 e. The molecule has 4 aromatic carbocycles. The van der Waals surface area contributed by atoms with Crippen LogP contribution in [0.15, 0.2) is 102 Å². The highest BCUT2D eigenvalue weighted by Crippen LogP contribution is 2.20. The molecule has 0 bridgehead atoms. The van der Waals surface area contributed by atoms with Crippen LogP contribution in [0.1, 0.15) is 36.6 Å². The number of esters is 1. The Balaban J connectivity index is 1.39. The van der Waals surface area contributed by atoms with Gasteiger partial charge in [-0.1, -0.05) is 24.3 Å². The smallest absolute Gasteiger partial charge is 0.343 e. The number of methoxy groups -OCH3 is 1. The Morgan fingerprint density at radius 1 is 0.825 bits per heavy atom. The fourth-order valence-electron chi connectivity index (χ4n) is 3.49. The zero-order valence-electron chi connectivity index (χ0n) is 21.1. The fraction of sp³-hybridized carbons (Fsp3) is 0.0345. The molecular formula is C29H22N4O7. The molecule has 0 unspecified atom stereocenters. The normalized spacial score (nSPS) is 10.5. The summed E-state index contributed by atoms with van der Waals surface area (Å²) in [6.45, 7) is 0. The SMILES string of the molecule is COc1cccc(C(=O)Nc2cccc(C(=O)NN=Cc3ccccc3OC(=O)c3ccc([N+](=O)[O-])cc3)c2)c1. The number of amides is 2. The Hall–Kier alpha value is -5.84. The maximum Gasteiger partial charge on any atom is 0.343 e. The minimum absolute atomic E-state index is 0.129. The summed E-state index contributed by atoms with van der Waals surface area (Å²) in [6, 6.07) is 24.5. The lowest BCUT2D eigenvalue weighted by Crippen LogP contribution is -2.18. The molecule has 40 heavy (non-hydrogen) atoms. The summed E-state index contributed by atoms with van der Waals surface area (Å²) in [5.41, 5.74) is 3.84. The summed E-state index contributed by atoms with van der Waals surface area (Å²) in [7, 11) is 1.51. The average molecular weight is 539 g/mol. The molecule has 0 aromatic heterocycles. The van der Waals surface area contributed by atoms with Crippen molar-refractivity contribution in [3.63, 3.8) is 0 Å². The summed E-state index contributed by atoms with van der Waals surface area (Å²) >= 11 is 0. The molecule has 0 radical (unpaired) electrons. The van der Waals surface area contributed by atoms with Gasteiger partial charge in [0.1, 0.15) is 11.5 Å². The second-order valence-corrected chi connectivity index (χ2v) is 8.20. The number of ether oxygens (including phenoxy) is 2. The molecule has 0 fully saturated rings. The molecular weight excluding hydrogens is 516 g/mol. The standard InChI is InChI=1S/C29H22N4O7/c1-39-25-10-5-8-21(17-25)27(34)31-23-9-4-7-20(16-23)28(35)32-30-18-22-6-2-3-11-26(22)40-29(36)19-12-14-24(15-13-19)33(37)38/h2-18H,1H3,(H,31,34)(H,32,35). The molecule has 11 nitrogen and oxygen atoms in total. The van der Waals surface area contributed by atoms with E-state index in [1.165, 1.54) is 43.7 Å². The highest BCUT2D eigenvalue weighted by molar-refractivity contribution is 6.05. The number of nitrogens with zero attached hydrogens (tertiary/aromatic N) is 2. The van der Waals surface area contributed by atoms with Crippen LogP contribution in [0.5, 0.6) is 11.5 Å². The number of nitro benzene ring substituents is 1. The number of hydrogen-bond acceptors (Lipinski definition) is 8. The van der Waals surface area contributed by atoms with E-state index < -0.39 is 16.8 Å². The van der Waals surface area contributed by atoms with Crippen molar-refractivity contribution in [2.24, 2.45) is 5.10 Å². The first-order valence-electron chi connectivity index (χ1n) is 11.8. The van der Waals surface area contributed by atoms with Gasteiger partial charge in [0.2, 0.25) is 0 Å². The molecule has 0 saturated heterocycles. The summed E-state index contributed by atoms with van der Waals surface area (Å²) < 4.78 is 10.6. The third kappa shape index (κ3) is 6.92. The third-order valence-corrected chi connectivity index (χ3v) is 5.52. The van der Waals surface area contributed by atoms with E-state index in [-0.39, 0.29) is 28.5 Å². The first-order valence-corrected chi connectivity index (χ1v) is 11.8. The zero-order valence-corrected chi connectivity index (χ0v) is 21.1. The van der Waals surface area contributed by atoms with Crippen molar-refractivity contribution >= 4 is 35.4 Å². The van der Waals surface area contributed by atoms with Crippen LogP contribution >= 0.6 is 0 Å². The van der Waals surface area contributed by atoms with E-state index in [1.54, 1.807) is 66.7 Å². The van der Waals surface area contributed by atoms with Crippen molar-refractivity contribution in [2.75, 3.05) is 12.4 Å². The number of para-hydroxylation sites is 1. The van der Waals surface area contributed by atoms with Gasteiger partial charge < -0.3 is 14.8 Å². The van der Waals surface area contributed by atoms with Crippen LogP contribution in [0.4, 0.5) is 11.4 Å². The van der Waals surface area contributed by atoms with E-state index in [1.807, 2.05) is 0 Å². The summed E-state index contributed by atoms with van der Waals surface area (Å²) in [5.74, 6) is -0.900. The van der Waals surface area contributed by atoms with Crippen LogP contribution in [0.2, 0.25) is 0 Å². The maximum absolute atomic E-state index is 12.7. The molecule has 0 aliphatic rings. The number of nitrogens with one attached hydrogen (secondary N) is 2.